The number of carbonyl (C=O) groups is 2. The van der Waals surface area contributed by atoms with Gasteiger partial charge in [-0.05, 0) is 64.6 Å². The highest BCUT2D eigenvalue weighted by Crippen LogP contribution is 2.43. The molecule has 1 aliphatic rings. The van der Waals surface area contributed by atoms with Crippen molar-refractivity contribution in [2.24, 2.45) is 5.73 Å². The summed E-state index contributed by atoms with van der Waals surface area (Å²) in [7, 11) is 0. The van der Waals surface area contributed by atoms with Crippen LogP contribution in [0.4, 0.5) is 4.39 Å². The zero-order valence-electron chi connectivity index (χ0n) is 18.2. The zero-order chi connectivity index (χ0) is 23.8. The quantitative estimate of drug-likeness (QED) is 0.388. The summed E-state index contributed by atoms with van der Waals surface area (Å²) in [5.74, 6) is -1.41. The minimum Gasteiger partial charge on any atom is -0.368 e. The van der Waals surface area contributed by atoms with Crippen molar-refractivity contribution in [1.82, 2.24) is 4.90 Å². The van der Waals surface area contributed by atoms with E-state index in [1.807, 2.05) is 42.5 Å². The van der Waals surface area contributed by atoms with Gasteiger partial charge in [0.1, 0.15) is 11.9 Å². The van der Waals surface area contributed by atoms with Gasteiger partial charge in [-0.3, -0.25) is 9.59 Å². The topological polar surface area (TPSA) is 63.4 Å². The van der Waals surface area contributed by atoms with Crippen LogP contribution in [-0.4, -0.2) is 16.7 Å². The molecule has 6 heteroatoms. The minimum absolute atomic E-state index is 0.247. The molecule has 34 heavy (non-hydrogen) atoms. The molecule has 0 bridgehead atoms. The number of nitrogens with two attached hydrogens (primary N) is 1. The van der Waals surface area contributed by atoms with E-state index < -0.39 is 23.8 Å². The van der Waals surface area contributed by atoms with E-state index in [0.717, 1.165) is 10.8 Å². The molecule has 0 heterocycles. The van der Waals surface area contributed by atoms with Crippen LogP contribution in [0.1, 0.15) is 45.6 Å². The van der Waals surface area contributed by atoms with E-state index >= 15 is 0 Å². The first kappa shape index (κ1) is 22.1. The second-order valence-corrected chi connectivity index (χ2v) is 8.94. The van der Waals surface area contributed by atoms with Gasteiger partial charge in [0, 0.05) is 10.6 Å². The molecular formula is C28H22ClFN2O2. The number of carbonyl (C=O) groups excluding carboxylic acids is 2. The number of fused-ring (bicyclic) bond motifs is 2. The molecular weight excluding hydrogens is 451 g/mol. The Balaban J connectivity index is 1.67. The van der Waals surface area contributed by atoms with Crippen molar-refractivity contribution in [3.63, 3.8) is 0 Å². The lowest BCUT2D eigenvalue weighted by atomic mass is 9.97. The molecule has 0 fully saturated rings. The van der Waals surface area contributed by atoms with E-state index in [2.05, 4.69) is 0 Å². The number of primary amides is 1. The van der Waals surface area contributed by atoms with Crippen LogP contribution in [0.15, 0.2) is 84.9 Å². The van der Waals surface area contributed by atoms with Crippen LogP contribution in [0.5, 0.6) is 0 Å². The van der Waals surface area contributed by atoms with Crippen LogP contribution >= 0.6 is 11.6 Å². The van der Waals surface area contributed by atoms with Gasteiger partial charge >= 0.3 is 0 Å². The molecule has 170 valence electrons. The number of amides is 2. The molecule has 4 nitrogen and oxygen atoms in total. The lowest BCUT2D eigenvalue weighted by Crippen LogP contribution is -2.43. The molecule has 1 unspecified atom stereocenters. The third-order valence-corrected chi connectivity index (χ3v) is 6.67. The summed E-state index contributed by atoms with van der Waals surface area (Å²) in [4.78, 5) is 28.4. The highest BCUT2D eigenvalue weighted by atomic mass is 35.5. The summed E-state index contributed by atoms with van der Waals surface area (Å²) in [6, 6.07) is 23.5. The maximum absolute atomic E-state index is 14.7. The van der Waals surface area contributed by atoms with E-state index in [-0.39, 0.29) is 10.9 Å². The minimum atomic E-state index is -1.03. The average molecular weight is 473 g/mol. The Morgan fingerprint density at radius 1 is 0.941 bits per heavy atom. The Bertz CT molecular complexity index is 1410. The van der Waals surface area contributed by atoms with Gasteiger partial charge < -0.3 is 10.6 Å². The number of halogens is 2. The lowest BCUT2D eigenvalue weighted by Gasteiger charge is -2.36. The Morgan fingerprint density at radius 3 is 2.38 bits per heavy atom. The summed E-state index contributed by atoms with van der Waals surface area (Å²) >= 11 is 6.18. The number of hydrogen-bond donors (Lipinski definition) is 1. The molecule has 0 aliphatic heterocycles. The van der Waals surface area contributed by atoms with Crippen molar-refractivity contribution in [2.45, 2.75) is 24.9 Å². The molecule has 0 aromatic heterocycles. The molecule has 4 aromatic carbocycles. The number of rotatable bonds is 5. The van der Waals surface area contributed by atoms with Crippen LogP contribution in [0.3, 0.4) is 0 Å². The Hall–Kier alpha value is -3.70. The second kappa shape index (κ2) is 8.92. The van der Waals surface area contributed by atoms with E-state index in [9.17, 15) is 14.0 Å². The maximum Gasteiger partial charge on any atom is 0.255 e. The van der Waals surface area contributed by atoms with Crippen LogP contribution in [0.2, 0.25) is 5.02 Å². The average Bonchev–Trinajstić information content (AvgIpc) is 3.25. The van der Waals surface area contributed by atoms with Gasteiger partial charge in [0.2, 0.25) is 5.91 Å². The van der Waals surface area contributed by atoms with Crippen molar-refractivity contribution in [2.75, 3.05) is 0 Å². The lowest BCUT2D eigenvalue weighted by molar-refractivity contribution is -0.123. The molecule has 1 aliphatic carbocycles. The normalized spacial score (nSPS) is 15.6. The molecule has 0 saturated carbocycles. The summed E-state index contributed by atoms with van der Waals surface area (Å²) in [6.45, 7) is 0. The molecule has 2 amide bonds. The fourth-order valence-electron chi connectivity index (χ4n) is 4.92. The summed E-state index contributed by atoms with van der Waals surface area (Å²) < 4.78 is 14.7. The Kier molecular flexibility index (Phi) is 5.80. The smallest absolute Gasteiger partial charge is 0.255 e. The summed E-state index contributed by atoms with van der Waals surface area (Å²) in [6.07, 6.45) is 0.896. The van der Waals surface area contributed by atoms with Gasteiger partial charge in [0.25, 0.3) is 5.91 Å². The van der Waals surface area contributed by atoms with Crippen LogP contribution in [0.25, 0.3) is 10.8 Å². The molecule has 0 saturated heterocycles. The van der Waals surface area contributed by atoms with Crippen LogP contribution in [-0.2, 0) is 11.2 Å². The van der Waals surface area contributed by atoms with E-state index in [0.29, 0.717) is 35.1 Å². The predicted octanol–water partition coefficient (Wildman–Crippen LogP) is 5.99. The van der Waals surface area contributed by atoms with Crippen molar-refractivity contribution < 1.29 is 14.0 Å². The number of benzene rings is 4. The SMILES string of the molecule is NC(=O)C(c1ccccc1)N(C(=O)c1ccc2ccccc2c1)[C@@H]1CCc2c(F)cc(Cl)cc21. The van der Waals surface area contributed by atoms with E-state index in [4.69, 9.17) is 17.3 Å². The van der Waals surface area contributed by atoms with Crippen molar-refractivity contribution in [3.05, 3.63) is 118 Å². The van der Waals surface area contributed by atoms with Crippen molar-refractivity contribution in [3.8, 4) is 0 Å². The van der Waals surface area contributed by atoms with Gasteiger partial charge in [-0.1, -0.05) is 72.3 Å². The number of nitrogens with zero attached hydrogens (tertiary/aromatic N) is 1. The first-order chi connectivity index (χ1) is 16.4. The van der Waals surface area contributed by atoms with Gasteiger partial charge in [0.05, 0.1) is 6.04 Å². The number of hydrogen-bond acceptors (Lipinski definition) is 2. The van der Waals surface area contributed by atoms with Crippen LogP contribution < -0.4 is 5.73 Å². The first-order valence-corrected chi connectivity index (χ1v) is 11.5. The predicted molar refractivity (Wildman–Crippen MR) is 131 cm³/mol. The van der Waals surface area contributed by atoms with E-state index in [1.54, 1.807) is 36.4 Å². The molecule has 2 N–H and O–H groups in total. The molecule has 4 aromatic rings. The van der Waals surface area contributed by atoms with Gasteiger partial charge in [-0.15, -0.1) is 0 Å². The van der Waals surface area contributed by atoms with Gasteiger partial charge in [0.15, 0.2) is 0 Å². The third kappa shape index (κ3) is 3.93. The highest BCUT2D eigenvalue weighted by molar-refractivity contribution is 6.30. The third-order valence-electron chi connectivity index (χ3n) is 6.45. The first-order valence-electron chi connectivity index (χ1n) is 11.1. The maximum atomic E-state index is 14.7. The van der Waals surface area contributed by atoms with Gasteiger partial charge in [-0.2, -0.15) is 0 Å². The summed E-state index contributed by atoms with van der Waals surface area (Å²) in [5.41, 5.74) is 8.04. The summed E-state index contributed by atoms with van der Waals surface area (Å²) in [5, 5.41) is 2.15. The van der Waals surface area contributed by atoms with Gasteiger partial charge in [-0.25, -0.2) is 4.39 Å². The Labute approximate surface area is 201 Å². The molecule has 5 rings (SSSR count). The van der Waals surface area contributed by atoms with Crippen LogP contribution in [0, 0.1) is 5.82 Å². The highest BCUT2D eigenvalue weighted by Gasteiger charge is 2.40. The molecule has 0 spiro atoms. The fraction of sp³-hybridized carbons (Fsp3) is 0.143. The monoisotopic (exact) mass is 472 g/mol. The Morgan fingerprint density at radius 2 is 1.65 bits per heavy atom. The molecule has 0 radical (unpaired) electrons. The second-order valence-electron chi connectivity index (χ2n) is 8.50. The fourth-order valence-corrected chi connectivity index (χ4v) is 5.13. The zero-order valence-corrected chi connectivity index (χ0v) is 19.0. The standard InChI is InChI=1S/C28H22ClFN2O2/c29-21-15-23-22(24(30)16-21)12-13-25(23)32(26(27(31)33)18-7-2-1-3-8-18)28(34)20-11-10-17-6-4-5-9-19(17)14-20/h1-11,14-16,25-26H,12-13H2,(H2,31,33)/t25-,26?/m1/s1. The van der Waals surface area contributed by atoms with Crippen molar-refractivity contribution >= 4 is 34.2 Å². The van der Waals surface area contributed by atoms with E-state index in [1.165, 1.54) is 11.0 Å². The van der Waals surface area contributed by atoms with Crippen molar-refractivity contribution in [1.29, 1.82) is 0 Å². The molecule has 2 atom stereocenters. The largest absolute Gasteiger partial charge is 0.368 e.